The van der Waals surface area contributed by atoms with E-state index in [1.54, 1.807) is 27.7 Å². The molecule has 20 heteroatoms. The average Bonchev–Trinajstić information content (AvgIpc) is 3.98. The minimum absolute atomic E-state index is 0.0261. The predicted octanol–water partition coefficient (Wildman–Crippen LogP) is -1.27. The number of aliphatic carboxylic acids is 1. The fourth-order valence-electron chi connectivity index (χ4n) is 7.59. The molecule has 0 spiro atoms. The van der Waals surface area contributed by atoms with Gasteiger partial charge in [0.1, 0.15) is 42.3 Å². The Morgan fingerprint density at radius 2 is 1.15 bits per heavy atom. The Kier molecular flexibility index (Phi) is 18.4. The van der Waals surface area contributed by atoms with Gasteiger partial charge < -0.3 is 52.1 Å². The maximum absolute atomic E-state index is 14.0. The van der Waals surface area contributed by atoms with Crippen LogP contribution in [0, 0.1) is 17.8 Å². The second-order valence-corrected chi connectivity index (χ2v) is 17.2. The van der Waals surface area contributed by atoms with Gasteiger partial charge in [0.2, 0.25) is 47.3 Å². The van der Waals surface area contributed by atoms with E-state index >= 15 is 0 Å². The van der Waals surface area contributed by atoms with Gasteiger partial charge in [-0.1, -0.05) is 41.5 Å². The molecular formula is C39H65N9O10S. The molecule has 0 aromatic heterocycles. The molecule has 8 N–H and O–H groups in total. The van der Waals surface area contributed by atoms with Crippen LogP contribution in [0.25, 0.3) is 0 Å². The molecule has 19 nitrogen and oxygen atoms in total. The molecule has 3 rings (SSSR count). The second-order valence-electron chi connectivity index (χ2n) is 16.8. The summed E-state index contributed by atoms with van der Waals surface area (Å²) in [5, 5.41) is 22.3. The molecule has 3 saturated heterocycles. The van der Waals surface area contributed by atoms with Gasteiger partial charge in [-0.2, -0.15) is 12.6 Å². The molecular weight excluding hydrogens is 787 g/mol. The van der Waals surface area contributed by atoms with Crippen LogP contribution in [0.3, 0.4) is 0 Å². The number of hydrogen-bond donors (Lipinski definition) is 8. The first kappa shape index (κ1) is 48.9. The Bertz CT molecular complexity index is 1580. The summed E-state index contributed by atoms with van der Waals surface area (Å²) in [5.41, 5.74) is 5.97. The summed E-state index contributed by atoms with van der Waals surface area (Å²) in [7, 11) is 0. The number of nitrogens with two attached hydrogens (primary N) is 1. The van der Waals surface area contributed by atoms with Crippen molar-refractivity contribution < 1.29 is 48.3 Å². The fourth-order valence-corrected chi connectivity index (χ4v) is 7.85. The fraction of sp³-hybridized carbons (Fsp3) is 0.769. The number of carbonyl (C=O) groups is 9. The molecule has 332 valence electrons. The molecule has 0 aromatic carbocycles. The van der Waals surface area contributed by atoms with Crippen LogP contribution >= 0.6 is 12.6 Å². The highest BCUT2D eigenvalue weighted by atomic mass is 32.1. The minimum Gasteiger partial charge on any atom is -0.480 e. The van der Waals surface area contributed by atoms with E-state index in [0.717, 1.165) is 0 Å². The Morgan fingerprint density at radius 1 is 0.644 bits per heavy atom. The van der Waals surface area contributed by atoms with Crippen molar-refractivity contribution in [2.75, 3.05) is 31.9 Å². The molecule has 3 aliphatic rings. The summed E-state index contributed by atoms with van der Waals surface area (Å²) in [6.45, 7) is 12.4. The van der Waals surface area contributed by atoms with Gasteiger partial charge >= 0.3 is 5.97 Å². The largest absolute Gasteiger partial charge is 0.480 e. The van der Waals surface area contributed by atoms with E-state index < -0.39 is 114 Å². The van der Waals surface area contributed by atoms with Crippen LogP contribution in [0.1, 0.15) is 93.4 Å². The number of nitrogens with one attached hydrogen (secondary N) is 5. The van der Waals surface area contributed by atoms with Crippen LogP contribution in [-0.2, 0) is 43.2 Å². The molecule has 3 fully saturated rings. The van der Waals surface area contributed by atoms with Gasteiger partial charge in [-0.3, -0.25) is 38.4 Å². The zero-order valence-corrected chi connectivity index (χ0v) is 36.2. The summed E-state index contributed by atoms with van der Waals surface area (Å²) in [4.78, 5) is 122. The zero-order valence-electron chi connectivity index (χ0n) is 35.3. The number of amides is 8. The normalized spacial score (nSPS) is 21.8. The number of carbonyl (C=O) groups excluding carboxylic acids is 8. The Morgan fingerprint density at radius 3 is 1.66 bits per heavy atom. The first-order valence-corrected chi connectivity index (χ1v) is 21.3. The van der Waals surface area contributed by atoms with Crippen LogP contribution in [0.5, 0.6) is 0 Å². The second kappa shape index (κ2) is 22.2. The Balaban J connectivity index is 1.61. The topological polar surface area (TPSA) is 270 Å². The lowest BCUT2D eigenvalue weighted by Crippen LogP contribution is -2.58. The Labute approximate surface area is 351 Å². The van der Waals surface area contributed by atoms with Gasteiger partial charge in [-0.25, -0.2) is 4.79 Å². The highest BCUT2D eigenvalue weighted by Gasteiger charge is 2.46. The highest BCUT2D eigenvalue weighted by Crippen LogP contribution is 2.28. The first-order valence-electron chi connectivity index (χ1n) is 20.7. The maximum atomic E-state index is 14.0. The molecule has 3 heterocycles. The van der Waals surface area contributed by atoms with Gasteiger partial charge in [0.05, 0.1) is 12.6 Å². The van der Waals surface area contributed by atoms with E-state index in [2.05, 4.69) is 39.2 Å². The lowest BCUT2D eigenvalue weighted by Gasteiger charge is -2.34. The third-order valence-electron chi connectivity index (χ3n) is 11.1. The van der Waals surface area contributed by atoms with Crippen molar-refractivity contribution in [3.05, 3.63) is 0 Å². The zero-order chi connectivity index (χ0) is 44.3. The summed E-state index contributed by atoms with van der Waals surface area (Å²) >= 11 is 4.22. The molecule has 0 bridgehead atoms. The van der Waals surface area contributed by atoms with Crippen molar-refractivity contribution in [3.8, 4) is 0 Å². The molecule has 0 saturated carbocycles. The number of carboxylic acids is 1. The van der Waals surface area contributed by atoms with Gasteiger partial charge in [-0.15, -0.1) is 0 Å². The number of carboxylic acid groups (broad SMARTS) is 1. The minimum atomic E-state index is -1.20. The van der Waals surface area contributed by atoms with Crippen LogP contribution in [-0.4, -0.2) is 153 Å². The van der Waals surface area contributed by atoms with E-state index in [9.17, 15) is 48.3 Å². The van der Waals surface area contributed by atoms with Crippen LogP contribution in [0.4, 0.5) is 0 Å². The third kappa shape index (κ3) is 13.0. The average molecular weight is 852 g/mol. The number of thiol groups is 1. The van der Waals surface area contributed by atoms with E-state index in [-0.39, 0.29) is 37.2 Å². The molecule has 8 amide bonds. The van der Waals surface area contributed by atoms with Crippen molar-refractivity contribution in [3.63, 3.8) is 0 Å². The number of likely N-dealkylation sites (tertiary alicyclic amines) is 3. The summed E-state index contributed by atoms with van der Waals surface area (Å²) in [5.74, 6) is -6.16. The monoisotopic (exact) mass is 851 g/mol. The van der Waals surface area contributed by atoms with Crippen molar-refractivity contribution in [1.29, 1.82) is 0 Å². The molecule has 0 unspecified atom stereocenters. The smallest absolute Gasteiger partial charge is 0.326 e. The SMILES string of the molecule is CC(C)C[C@H](NC(=O)[C@@H](N)C(C)C)C(=O)N[C@@H](CS)C(=O)NCC(=O)N1CCC[C@H]1C(=O)N1CCC[C@H]1C(=O)N1CCC[C@H]1C(=O)N[C@@H](C)C(=O)N[C@H](C(=O)O)C(C)C. The quantitative estimate of drug-likeness (QED) is 0.0711. The molecule has 0 aromatic rings. The molecule has 59 heavy (non-hydrogen) atoms. The number of rotatable bonds is 19. The number of hydrogen-bond acceptors (Lipinski definition) is 11. The lowest BCUT2D eigenvalue weighted by molar-refractivity contribution is -0.150. The van der Waals surface area contributed by atoms with Gasteiger partial charge in [0.15, 0.2) is 0 Å². The van der Waals surface area contributed by atoms with Crippen molar-refractivity contribution in [2.24, 2.45) is 23.5 Å². The standard InChI is InChI=1S/C39H65N9O10S/c1-20(2)17-24(43-36(54)30(40)21(3)4)34(52)44-25(19-59)33(51)41-18-29(49)46-14-9-12-27(46)37(55)48-16-10-13-28(48)38(56)47-15-8-11-26(47)35(53)42-23(7)32(50)45-31(22(5)6)39(57)58/h20-28,30-31,59H,8-19,40H2,1-7H3,(H,41,51)(H,42,53)(H,43,54)(H,44,52)(H,45,50)(H,57,58)/t23-,24-,25-,26-,27-,28-,30-,31-/m0/s1. The predicted molar refractivity (Wildman–Crippen MR) is 219 cm³/mol. The van der Waals surface area contributed by atoms with E-state index in [1.807, 2.05) is 13.8 Å². The number of nitrogens with zero attached hydrogens (tertiary/aromatic N) is 3. The summed E-state index contributed by atoms with van der Waals surface area (Å²) in [6.07, 6.45) is 2.92. The van der Waals surface area contributed by atoms with E-state index in [0.29, 0.717) is 44.9 Å². The van der Waals surface area contributed by atoms with Crippen molar-refractivity contribution >= 4 is 65.9 Å². The Hall–Kier alpha value is -4.46. The van der Waals surface area contributed by atoms with Crippen LogP contribution < -0.4 is 32.3 Å². The van der Waals surface area contributed by atoms with Gasteiger partial charge in [-0.05, 0) is 69.6 Å². The van der Waals surface area contributed by atoms with Gasteiger partial charge in [0, 0.05) is 25.4 Å². The van der Waals surface area contributed by atoms with Crippen LogP contribution in [0.2, 0.25) is 0 Å². The molecule has 0 radical (unpaired) electrons. The first-order chi connectivity index (χ1) is 27.7. The maximum Gasteiger partial charge on any atom is 0.326 e. The van der Waals surface area contributed by atoms with Gasteiger partial charge in [0.25, 0.3) is 0 Å². The highest BCUT2D eigenvalue weighted by molar-refractivity contribution is 7.80. The summed E-state index contributed by atoms with van der Waals surface area (Å²) in [6, 6.07) is -7.76. The molecule has 0 aliphatic carbocycles. The molecule has 3 aliphatic heterocycles. The molecule has 8 atom stereocenters. The summed E-state index contributed by atoms with van der Waals surface area (Å²) < 4.78 is 0. The van der Waals surface area contributed by atoms with Crippen molar-refractivity contribution in [1.82, 2.24) is 41.3 Å². The van der Waals surface area contributed by atoms with Crippen molar-refractivity contribution in [2.45, 2.75) is 142 Å². The van der Waals surface area contributed by atoms with E-state index in [1.165, 1.54) is 21.6 Å². The van der Waals surface area contributed by atoms with E-state index in [4.69, 9.17) is 5.73 Å². The third-order valence-corrected chi connectivity index (χ3v) is 11.5. The lowest BCUT2D eigenvalue weighted by atomic mass is 10.0. The van der Waals surface area contributed by atoms with Crippen LogP contribution in [0.15, 0.2) is 0 Å².